The van der Waals surface area contributed by atoms with Gasteiger partial charge in [-0.05, 0) is 25.3 Å². The largest absolute Gasteiger partial charge is 0.502 e. The van der Waals surface area contributed by atoms with Crippen molar-refractivity contribution in [3.8, 4) is 0 Å². The van der Waals surface area contributed by atoms with Crippen molar-refractivity contribution < 1.29 is 9.53 Å². The Morgan fingerprint density at radius 3 is 3.00 bits per heavy atom. The maximum Gasteiger partial charge on any atom is 0.133 e. The molecule has 0 bridgehead atoms. The van der Waals surface area contributed by atoms with E-state index in [1.165, 1.54) is 0 Å². The molecule has 0 atom stereocenters. The van der Waals surface area contributed by atoms with E-state index in [0.29, 0.717) is 18.8 Å². The molecule has 0 aliphatic carbocycles. The van der Waals surface area contributed by atoms with Gasteiger partial charge in [-0.25, -0.2) is 0 Å². The lowest BCUT2D eigenvalue weighted by Gasteiger charge is -2.03. The van der Waals surface area contributed by atoms with Gasteiger partial charge in [-0.15, -0.1) is 0 Å². The lowest BCUT2D eigenvalue weighted by Crippen LogP contribution is -2.00. The summed E-state index contributed by atoms with van der Waals surface area (Å²) in [6, 6.07) is 0. The Balaban J connectivity index is 2.28. The summed E-state index contributed by atoms with van der Waals surface area (Å²) >= 11 is 0. The fraction of sp³-hybridized carbons (Fsp3) is 0.667. The molecule has 1 aliphatic heterocycles. The number of hydrogen-bond donors (Lipinski definition) is 0. The Morgan fingerprint density at radius 2 is 2.09 bits per heavy atom. The van der Waals surface area contributed by atoms with Gasteiger partial charge >= 0.3 is 0 Å². The van der Waals surface area contributed by atoms with Crippen LogP contribution in [0.5, 0.6) is 0 Å². The van der Waals surface area contributed by atoms with E-state index < -0.39 is 0 Å². The highest BCUT2D eigenvalue weighted by atomic mass is 16.5. The summed E-state index contributed by atoms with van der Waals surface area (Å²) < 4.78 is 5.13. The van der Waals surface area contributed by atoms with Gasteiger partial charge < -0.3 is 4.74 Å². The standard InChI is InChI=1S/C9H14O2/c10-9-5-2-1-3-7-11-8-4-6-9/h3,7H,1-2,4-6,8H2. The molecule has 1 heterocycles. The van der Waals surface area contributed by atoms with E-state index in [0.717, 1.165) is 25.7 Å². The average Bonchev–Trinajstić information content (AvgIpc) is 2.03. The van der Waals surface area contributed by atoms with Gasteiger partial charge in [0.25, 0.3) is 0 Å². The topological polar surface area (TPSA) is 26.3 Å². The van der Waals surface area contributed by atoms with Crippen molar-refractivity contribution in [1.82, 2.24) is 0 Å². The van der Waals surface area contributed by atoms with E-state index in [4.69, 9.17) is 4.74 Å². The zero-order valence-corrected chi connectivity index (χ0v) is 6.71. The van der Waals surface area contributed by atoms with Gasteiger partial charge in [0.2, 0.25) is 0 Å². The van der Waals surface area contributed by atoms with Gasteiger partial charge in [-0.3, -0.25) is 4.79 Å². The number of rotatable bonds is 0. The van der Waals surface area contributed by atoms with Gasteiger partial charge in [-0.2, -0.15) is 0 Å². The molecule has 0 saturated carbocycles. The molecule has 62 valence electrons. The minimum atomic E-state index is 0.379. The predicted octanol–water partition coefficient (Wildman–Crippen LogP) is 2.05. The first kappa shape index (κ1) is 8.31. The molecule has 0 fully saturated rings. The van der Waals surface area contributed by atoms with Gasteiger partial charge in [0.05, 0.1) is 12.9 Å². The number of carbonyl (C=O) groups is 1. The van der Waals surface area contributed by atoms with Crippen molar-refractivity contribution in [1.29, 1.82) is 0 Å². The van der Waals surface area contributed by atoms with Crippen molar-refractivity contribution in [3.63, 3.8) is 0 Å². The number of carbonyl (C=O) groups excluding carboxylic acids is 1. The molecule has 2 heteroatoms. The van der Waals surface area contributed by atoms with Crippen LogP contribution in [0.1, 0.15) is 32.1 Å². The molecule has 11 heavy (non-hydrogen) atoms. The maximum absolute atomic E-state index is 11.0. The van der Waals surface area contributed by atoms with Crippen LogP contribution in [0.25, 0.3) is 0 Å². The monoisotopic (exact) mass is 154 g/mol. The Morgan fingerprint density at radius 1 is 1.27 bits per heavy atom. The number of hydrogen-bond acceptors (Lipinski definition) is 2. The van der Waals surface area contributed by atoms with Crippen LogP contribution in [0.3, 0.4) is 0 Å². The highest BCUT2D eigenvalue weighted by Gasteiger charge is 2.01. The van der Waals surface area contributed by atoms with Gasteiger partial charge in [0.1, 0.15) is 5.78 Å². The first-order valence-corrected chi connectivity index (χ1v) is 4.18. The van der Waals surface area contributed by atoms with Crippen LogP contribution in [-0.2, 0) is 9.53 Å². The molecule has 0 aromatic heterocycles. The molecule has 1 rings (SSSR count). The highest BCUT2D eigenvalue weighted by molar-refractivity contribution is 5.78. The van der Waals surface area contributed by atoms with Crippen molar-refractivity contribution in [2.75, 3.05) is 6.61 Å². The summed E-state index contributed by atoms with van der Waals surface area (Å²) in [5, 5.41) is 0. The second kappa shape index (κ2) is 4.94. The quantitative estimate of drug-likeness (QED) is 0.533. The molecular weight excluding hydrogens is 140 g/mol. The molecule has 1 aliphatic rings. The Kier molecular flexibility index (Phi) is 3.73. The smallest absolute Gasteiger partial charge is 0.133 e. The van der Waals surface area contributed by atoms with Crippen LogP contribution in [-0.4, -0.2) is 12.4 Å². The molecule has 2 nitrogen and oxygen atoms in total. The highest BCUT2D eigenvalue weighted by Crippen LogP contribution is 2.04. The molecule has 0 amide bonds. The summed E-state index contributed by atoms with van der Waals surface area (Å²) in [6.45, 7) is 0.683. The average molecular weight is 154 g/mol. The van der Waals surface area contributed by atoms with Crippen molar-refractivity contribution in [2.24, 2.45) is 0 Å². The van der Waals surface area contributed by atoms with Gasteiger partial charge in [0.15, 0.2) is 0 Å². The van der Waals surface area contributed by atoms with Crippen molar-refractivity contribution in [3.05, 3.63) is 12.3 Å². The zero-order valence-electron chi connectivity index (χ0n) is 6.71. The summed E-state index contributed by atoms with van der Waals surface area (Å²) in [6.07, 6.45) is 7.96. The third-order valence-electron chi connectivity index (χ3n) is 1.74. The number of ketones is 1. The fourth-order valence-electron chi connectivity index (χ4n) is 1.10. The first-order chi connectivity index (χ1) is 5.39. The minimum absolute atomic E-state index is 0.379. The van der Waals surface area contributed by atoms with Crippen LogP contribution in [0.15, 0.2) is 12.3 Å². The zero-order chi connectivity index (χ0) is 7.94. The van der Waals surface area contributed by atoms with Gasteiger partial charge in [-0.1, -0.05) is 0 Å². The van der Waals surface area contributed by atoms with Crippen molar-refractivity contribution >= 4 is 5.78 Å². The number of allylic oxidation sites excluding steroid dienone is 1. The lowest BCUT2D eigenvalue weighted by atomic mass is 10.1. The predicted molar refractivity (Wildman–Crippen MR) is 43.2 cm³/mol. The Hall–Kier alpha value is -0.790. The van der Waals surface area contributed by atoms with Crippen LogP contribution >= 0.6 is 0 Å². The fourth-order valence-corrected chi connectivity index (χ4v) is 1.10. The van der Waals surface area contributed by atoms with Crippen LogP contribution in [0, 0.1) is 0 Å². The molecular formula is C9H14O2. The second-order valence-corrected chi connectivity index (χ2v) is 2.78. The Bertz CT molecular complexity index is 150. The third kappa shape index (κ3) is 3.81. The molecule has 0 radical (unpaired) electrons. The molecule has 0 aromatic rings. The first-order valence-electron chi connectivity index (χ1n) is 4.18. The van der Waals surface area contributed by atoms with Crippen molar-refractivity contribution in [2.45, 2.75) is 32.1 Å². The summed E-state index contributed by atoms with van der Waals surface area (Å²) in [5.41, 5.74) is 0. The van der Waals surface area contributed by atoms with Crippen LogP contribution < -0.4 is 0 Å². The number of Topliss-reactive ketones (excluding diaryl/α,β-unsaturated/α-hetero) is 1. The third-order valence-corrected chi connectivity index (χ3v) is 1.74. The minimum Gasteiger partial charge on any atom is -0.502 e. The SMILES string of the molecule is O=C1CCCC=COCCC1. The van der Waals surface area contributed by atoms with Crippen LogP contribution in [0.4, 0.5) is 0 Å². The van der Waals surface area contributed by atoms with E-state index >= 15 is 0 Å². The summed E-state index contributed by atoms with van der Waals surface area (Å²) in [7, 11) is 0. The molecule has 0 N–H and O–H groups in total. The molecule has 0 aromatic carbocycles. The van der Waals surface area contributed by atoms with E-state index in [2.05, 4.69) is 0 Å². The van der Waals surface area contributed by atoms with Crippen LogP contribution in [0.2, 0.25) is 0 Å². The Labute approximate surface area is 67.2 Å². The van der Waals surface area contributed by atoms with E-state index in [1.54, 1.807) is 6.26 Å². The lowest BCUT2D eigenvalue weighted by molar-refractivity contribution is -0.119. The summed E-state index contributed by atoms with van der Waals surface area (Å²) in [5.74, 6) is 0.379. The second-order valence-electron chi connectivity index (χ2n) is 2.78. The van der Waals surface area contributed by atoms with E-state index in [-0.39, 0.29) is 0 Å². The maximum atomic E-state index is 11.0. The van der Waals surface area contributed by atoms with E-state index in [9.17, 15) is 4.79 Å². The molecule has 0 unspecified atom stereocenters. The van der Waals surface area contributed by atoms with Gasteiger partial charge in [0, 0.05) is 12.8 Å². The van der Waals surface area contributed by atoms with E-state index in [1.807, 2.05) is 6.08 Å². The number of ether oxygens (including phenoxy) is 1. The normalized spacial score (nSPS) is 20.9. The molecule has 0 saturated heterocycles. The summed E-state index contributed by atoms with van der Waals surface area (Å²) in [4.78, 5) is 11.0. The molecule has 0 spiro atoms.